The van der Waals surface area contributed by atoms with Crippen LogP contribution >= 0.6 is 18.9 Å². The van der Waals surface area contributed by atoms with E-state index in [2.05, 4.69) is 9.72 Å². The average molecular weight is 314 g/mol. The molecule has 2 rings (SSSR count). The Kier molecular flexibility index (Phi) is 4.20. The molecular weight excluding hydrogens is 303 g/mol. The summed E-state index contributed by atoms with van der Waals surface area (Å²) in [6.45, 7) is 0. The van der Waals surface area contributed by atoms with E-state index in [0.717, 1.165) is 16.9 Å². The highest BCUT2D eigenvalue weighted by Gasteiger charge is 2.23. The molecular formula is C11H11N2O5PS. The maximum absolute atomic E-state index is 11.8. The third-order valence-corrected chi connectivity index (χ3v) is 3.64. The summed E-state index contributed by atoms with van der Waals surface area (Å²) in [5.74, 6) is -0.917. The standard InChI is InChI=1S/C11H11N2O5PS/c12-11-13-8(10(14)18-6-19(15,16)17)9(20-11)7-4-2-1-3-5-7/h1-5H,6H2,(H2,12,13)(H2,15,16,17). The van der Waals surface area contributed by atoms with Gasteiger partial charge in [0, 0.05) is 0 Å². The lowest BCUT2D eigenvalue weighted by atomic mass is 10.1. The Morgan fingerprint density at radius 3 is 2.60 bits per heavy atom. The van der Waals surface area contributed by atoms with Crippen molar-refractivity contribution in [3.63, 3.8) is 0 Å². The first-order chi connectivity index (χ1) is 9.37. The van der Waals surface area contributed by atoms with Crippen molar-refractivity contribution in [3.8, 4) is 10.4 Å². The molecule has 1 heterocycles. The van der Waals surface area contributed by atoms with E-state index >= 15 is 0 Å². The lowest BCUT2D eigenvalue weighted by Crippen LogP contribution is -2.08. The van der Waals surface area contributed by atoms with Crippen molar-refractivity contribution in [2.75, 3.05) is 12.1 Å². The monoisotopic (exact) mass is 314 g/mol. The molecule has 1 aromatic heterocycles. The first-order valence-corrected chi connectivity index (χ1v) is 8.01. The molecule has 0 amide bonds. The third-order valence-electron chi connectivity index (χ3n) is 2.24. The van der Waals surface area contributed by atoms with Gasteiger partial charge in [-0.3, -0.25) is 4.57 Å². The van der Waals surface area contributed by atoms with Crippen molar-refractivity contribution < 1.29 is 23.9 Å². The van der Waals surface area contributed by atoms with Gasteiger partial charge in [-0.15, -0.1) is 0 Å². The van der Waals surface area contributed by atoms with E-state index in [1.807, 2.05) is 6.07 Å². The number of hydrogen-bond donors (Lipinski definition) is 3. The van der Waals surface area contributed by atoms with Gasteiger partial charge in [0.25, 0.3) is 0 Å². The predicted octanol–water partition coefficient (Wildman–Crippen LogP) is 1.68. The fourth-order valence-electron chi connectivity index (χ4n) is 1.47. The number of aromatic nitrogens is 1. The SMILES string of the molecule is Nc1nc(C(=O)OCP(=O)(O)O)c(-c2ccccc2)s1. The van der Waals surface area contributed by atoms with Crippen LogP contribution in [-0.4, -0.2) is 27.1 Å². The fourth-order valence-corrected chi connectivity index (χ4v) is 2.58. The minimum Gasteiger partial charge on any atom is -0.448 e. The van der Waals surface area contributed by atoms with Crippen LogP contribution in [0.4, 0.5) is 5.13 Å². The Bertz CT molecular complexity index is 667. The van der Waals surface area contributed by atoms with Gasteiger partial charge in [-0.2, -0.15) is 0 Å². The van der Waals surface area contributed by atoms with Crippen LogP contribution in [0.3, 0.4) is 0 Å². The van der Waals surface area contributed by atoms with Gasteiger partial charge in [-0.05, 0) is 5.56 Å². The Labute approximate surface area is 118 Å². The Morgan fingerprint density at radius 1 is 1.35 bits per heavy atom. The Hall–Kier alpha value is -1.73. The molecule has 0 aliphatic rings. The van der Waals surface area contributed by atoms with E-state index in [1.165, 1.54) is 0 Å². The number of rotatable bonds is 4. The van der Waals surface area contributed by atoms with Crippen molar-refractivity contribution in [2.24, 2.45) is 0 Å². The molecule has 0 aliphatic heterocycles. The highest BCUT2D eigenvalue weighted by Crippen LogP contribution is 2.36. The minimum atomic E-state index is -4.42. The number of thiazole rings is 1. The second kappa shape index (κ2) is 5.72. The average Bonchev–Trinajstić information content (AvgIpc) is 2.78. The molecule has 7 nitrogen and oxygen atoms in total. The molecule has 1 aromatic carbocycles. The molecule has 2 aromatic rings. The second-order valence-corrected chi connectivity index (χ2v) is 6.44. The van der Waals surface area contributed by atoms with Crippen LogP contribution in [0.1, 0.15) is 10.5 Å². The molecule has 0 aliphatic carbocycles. The van der Waals surface area contributed by atoms with Crippen LogP contribution in [0.2, 0.25) is 0 Å². The number of nitrogen functional groups attached to an aromatic ring is 1. The zero-order valence-electron chi connectivity index (χ0n) is 10.1. The second-order valence-electron chi connectivity index (χ2n) is 3.82. The van der Waals surface area contributed by atoms with E-state index in [-0.39, 0.29) is 10.8 Å². The smallest absolute Gasteiger partial charge is 0.362 e. The molecule has 0 unspecified atom stereocenters. The van der Waals surface area contributed by atoms with E-state index in [1.54, 1.807) is 24.3 Å². The summed E-state index contributed by atoms with van der Waals surface area (Å²) in [5, 5.41) is 0.173. The molecule has 9 heteroatoms. The number of carbonyl (C=O) groups excluding carboxylic acids is 1. The summed E-state index contributed by atoms with van der Waals surface area (Å²) < 4.78 is 15.3. The molecule has 0 spiro atoms. The molecule has 0 saturated heterocycles. The highest BCUT2D eigenvalue weighted by molar-refractivity contribution is 7.51. The quantitative estimate of drug-likeness (QED) is 0.579. The van der Waals surface area contributed by atoms with Crippen molar-refractivity contribution in [2.45, 2.75) is 0 Å². The van der Waals surface area contributed by atoms with Crippen molar-refractivity contribution in [1.82, 2.24) is 4.98 Å². The van der Waals surface area contributed by atoms with E-state index in [9.17, 15) is 9.36 Å². The summed E-state index contributed by atoms with van der Waals surface area (Å²) in [5.41, 5.74) is 6.26. The first-order valence-electron chi connectivity index (χ1n) is 5.40. The Balaban J connectivity index is 2.29. The molecule has 0 bridgehead atoms. The zero-order valence-corrected chi connectivity index (χ0v) is 11.8. The molecule has 4 N–H and O–H groups in total. The largest absolute Gasteiger partial charge is 0.448 e. The van der Waals surface area contributed by atoms with E-state index in [0.29, 0.717) is 4.88 Å². The maximum atomic E-state index is 11.8. The first kappa shape index (κ1) is 14.7. The van der Waals surface area contributed by atoms with E-state index < -0.39 is 19.9 Å². The molecule has 106 valence electrons. The van der Waals surface area contributed by atoms with Crippen molar-refractivity contribution in [3.05, 3.63) is 36.0 Å². The fraction of sp³-hybridized carbons (Fsp3) is 0.0909. The summed E-state index contributed by atoms with van der Waals surface area (Å²) in [6.07, 6.45) is -0.989. The number of nitrogens with zero attached hydrogens (tertiary/aromatic N) is 1. The molecule has 0 atom stereocenters. The van der Waals surface area contributed by atoms with E-state index in [4.69, 9.17) is 15.5 Å². The molecule has 0 saturated carbocycles. The topological polar surface area (TPSA) is 123 Å². The number of hydrogen-bond acceptors (Lipinski definition) is 6. The predicted molar refractivity (Wildman–Crippen MR) is 74.3 cm³/mol. The van der Waals surface area contributed by atoms with Crippen LogP contribution in [0.25, 0.3) is 10.4 Å². The van der Waals surface area contributed by atoms with Crippen molar-refractivity contribution >= 4 is 30.0 Å². The minimum absolute atomic E-state index is 0.0489. The lowest BCUT2D eigenvalue weighted by Gasteiger charge is -2.05. The zero-order chi connectivity index (χ0) is 14.8. The number of carbonyl (C=O) groups is 1. The van der Waals surface area contributed by atoms with Crippen LogP contribution in [0, 0.1) is 0 Å². The lowest BCUT2D eigenvalue weighted by molar-refractivity contribution is 0.0545. The molecule has 0 fully saturated rings. The number of benzene rings is 1. The molecule has 0 radical (unpaired) electrons. The van der Waals surface area contributed by atoms with Gasteiger partial charge in [-0.1, -0.05) is 41.7 Å². The molecule has 20 heavy (non-hydrogen) atoms. The highest BCUT2D eigenvalue weighted by atomic mass is 32.1. The number of nitrogens with two attached hydrogens (primary N) is 1. The van der Waals surface area contributed by atoms with Crippen LogP contribution in [0.15, 0.2) is 30.3 Å². The number of esters is 1. The van der Waals surface area contributed by atoms with Crippen molar-refractivity contribution in [1.29, 1.82) is 0 Å². The van der Waals surface area contributed by atoms with Gasteiger partial charge < -0.3 is 20.3 Å². The third kappa shape index (κ3) is 3.64. The summed E-state index contributed by atoms with van der Waals surface area (Å²) in [4.78, 5) is 33.6. The van der Waals surface area contributed by atoms with Gasteiger partial charge in [-0.25, -0.2) is 9.78 Å². The van der Waals surface area contributed by atoms with Crippen LogP contribution in [0.5, 0.6) is 0 Å². The number of anilines is 1. The number of ether oxygens (including phenoxy) is 1. The van der Waals surface area contributed by atoms with Gasteiger partial charge >= 0.3 is 13.6 Å². The van der Waals surface area contributed by atoms with Crippen LogP contribution < -0.4 is 5.73 Å². The van der Waals surface area contributed by atoms with Gasteiger partial charge in [0.1, 0.15) is 0 Å². The van der Waals surface area contributed by atoms with Crippen LogP contribution in [-0.2, 0) is 9.30 Å². The summed E-state index contributed by atoms with van der Waals surface area (Å²) >= 11 is 1.10. The Morgan fingerprint density at radius 2 is 2.00 bits per heavy atom. The maximum Gasteiger partial charge on any atom is 0.362 e. The normalized spacial score (nSPS) is 11.3. The van der Waals surface area contributed by atoms with Gasteiger partial charge in [0.05, 0.1) is 4.88 Å². The summed E-state index contributed by atoms with van der Waals surface area (Å²) in [6, 6.07) is 8.94. The van der Waals surface area contributed by atoms with Gasteiger partial charge in [0.15, 0.2) is 17.2 Å². The van der Waals surface area contributed by atoms with Gasteiger partial charge in [0.2, 0.25) is 0 Å². The summed E-state index contributed by atoms with van der Waals surface area (Å²) in [7, 11) is -4.42.